The van der Waals surface area contributed by atoms with Gasteiger partial charge in [0.1, 0.15) is 12.4 Å². The van der Waals surface area contributed by atoms with E-state index in [1.165, 1.54) is 19.3 Å². The first-order valence-electron chi connectivity index (χ1n) is 8.95. The first-order valence-corrected chi connectivity index (χ1v) is 8.95. The van der Waals surface area contributed by atoms with E-state index in [1.54, 1.807) is 14.2 Å². The van der Waals surface area contributed by atoms with Gasteiger partial charge in [0.15, 0.2) is 11.8 Å². The van der Waals surface area contributed by atoms with Crippen molar-refractivity contribution >= 4 is 5.96 Å². The zero-order valence-corrected chi connectivity index (χ0v) is 16.0. The van der Waals surface area contributed by atoms with Crippen molar-refractivity contribution in [2.24, 2.45) is 17.5 Å². The zero-order chi connectivity index (χ0) is 18.1. The standard InChI is InChI=1S/C17H32N6O2/c1-14-21-22-15(23(14)2)12-19-16(18-9-11-25-4)20-13-17(6-5-7-17)8-10-24-3/h5-13H2,1-4H3,(H2,18,19,20). The van der Waals surface area contributed by atoms with E-state index in [-0.39, 0.29) is 0 Å². The third kappa shape index (κ3) is 5.67. The number of guanidine groups is 1. The van der Waals surface area contributed by atoms with Crippen molar-refractivity contribution in [1.29, 1.82) is 0 Å². The molecule has 0 spiro atoms. The predicted molar refractivity (Wildman–Crippen MR) is 97.5 cm³/mol. The molecule has 1 saturated carbocycles. The maximum absolute atomic E-state index is 5.27. The maximum Gasteiger partial charge on any atom is 0.191 e. The van der Waals surface area contributed by atoms with Crippen molar-refractivity contribution in [3.63, 3.8) is 0 Å². The molecule has 0 unspecified atom stereocenters. The Morgan fingerprint density at radius 3 is 2.52 bits per heavy atom. The fourth-order valence-corrected chi connectivity index (χ4v) is 2.97. The van der Waals surface area contributed by atoms with E-state index < -0.39 is 0 Å². The molecule has 25 heavy (non-hydrogen) atoms. The minimum atomic E-state index is 0.334. The Bertz CT molecular complexity index is 553. The van der Waals surface area contributed by atoms with Crippen molar-refractivity contribution in [3.05, 3.63) is 11.6 Å². The topological polar surface area (TPSA) is 85.6 Å². The number of aromatic nitrogens is 3. The summed E-state index contributed by atoms with van der Waals surface area (Å²) in [5.74, 6) is 2.53. The van der Waals surface area contributed by atoms with Gasteiger partial charge in [-0.1, -0.05) is 6.42 Å². The lowest BCUT2D eigenvalue weighted by molar-refractivity contribution is 0.0732. The molecular formula is C17H32N6O2. The fourth-order valence-electron chi connectivity index (χ4n) is 2.97. The molecule has 1 aliphatic rings. The number of hydrogen-bond acceptors (Lipinski definition) is 5. The van der Waals surface area contributed by atoms with Crippen LogP contribution in [0, 0.1) is 12.3 Å². The molecule has 1 aromatic rings. The molecule has 0 aromatic carbocycles. The van der Waals surface area contributed by atoms with Gasteiger partial charge in [0.05, 0.1) is 6.61 Å². The summed E-state index contributed by atoms with van der Waals surface area (Å²) in [4.78, 5) is 4.67. The van der Waals surface area contributed by atoms with Gasteiger partial charge < -0.3 is 24.7 Å². The van der Waals surface area contributed by atoms with Gasteiger partial charge in [-0.15, -0.1) is 10.2 Å². The minimum absolute atomic E-state index is 0.334. The lowest BCUT2D eigenvalue weighted by Gasteiger charge is -2.42. The second-order valence-corrected chi connectivity index (χ2v) is 6.76. The van der Waals surface area contributed by atoms with E-state index in [4.69, 9.17) is 9.47 Å². The van der Waals surface area contributed by atoms with E-state index in [1.807, 2.05) is 18.5 Å². The number of methoxy groups -OCH3 is 2. The van der Waals surface area contributed by atoms with Gasteiger partial charge in [0.2, 0.25) is 0 Å². The Labute approximate surface area is 150 Å². The maximum atomic E-state index is 5.27. The van der Waals surface area contributed by atoms with Crippen LogP contribution in [0.25, 0.3) is 0 Å². The smallest absolute Gasteiger partial charge is 0.191 e. The zero-order valence-electron chi connectivity index (χ0n) is 16.0. The molecule has 0 amide bonds. The Kier molecular flexibility index (Phi) is 7.64. The van der Waals surface area contributed by atoms with Crippen molar-refractivity contribution < 1.29 is 9.47 Å². The number of ether oxygens (including phenoxy) is 2. The van der Waals surface area contributed by atoms with E-state index in [2.05, 4.69) is 25.8 Å². The van der Waals surface area contributed by atoms with Gasteiger partial charge in [-0.05, 0) is 31.6 Å². The van der Waals surface area contributed by atoms with Gasteiger partial charge in [0.25, 0.3) is 0 Å². The molecule has 8 nitrogen and oxygen atoms in total. The molecule has 1 aliphatic carbocycles. The third-order valence-corrected chi connectivity index (χ3v) is 5.04. The highest BCUT2D eigenvalue weighted by molar-refractivity contribution is 5.79. The Morgan fingerprint density at radius 1 is 1.20 bits per heavy atom. The van der Waals surface area contributed by atoms with Gasteiger partial charge in [-0.25, -0.2) is 4.99 Å². The Morgan fingerprint density at radius 2 is 1.96 bits per heavy atom. The second-order valence-electron chi connectivity index (χ2n) is 6.76. The van der Waals surface area contributed by atoms with Crippen molar-refractivity contribution in [1.82, 2.24) is 25.4 Å². The van der Waals surface area contributed by atoms with Gasteiger partial charge >= 0.3 is 0 Å². The van der Waals surface area contributed by atoms with E-state index in [0.29, 0.717) is 25.1 Å². The number of aliphatic imine (C=N–C) groups is 1. The lowest BCUT2D eigenvalue weighted by atomic mass is 9.67. The molecule has 1 heterocycles. The highest BCUT2D eigenvalue weighted by Crippen LogP contribution is 2.43. The summed E-state index contributed by atoms with van der Waals surface area (Å²) in [7, 11) is 5.42. The quantitative estimate of drug-likeness (QED) is 0.371. The van der Waals surface area contributed by atoms with E-state index in [0.717, 1.165) is 37.2 Å². The number of nitrogens with one attached hydrogen (secondary N) is 2. The van der Waals surface area contributed by atoms with Crippen LogP contribution in [0.3, 0.4) is 0 Å². The molecule has 0 saturated heterocycles. The van der Waals surface area contributed by atoms with Crippen LogP contribution in [0.1, 0.15) is 37.3 Å². The third-order valence-electron chi connectivity index (χ3n) is 5.04. The first kappa shape index (κ1) is 19.7. The Balaban J connectivity index is 1.94. The molecule has 2 rings (SSSR count). The van der Waals surface area contributed by atoms with Gasteiger partial charge in [-0.3, -0.25) is 0 Å². The van der Waals surface area contributed by atoms with Crippen LogP contribution in [-0.4, -0.2) is 61.2 Å². The lowest BCUT2D eigenvalue weighted by Crippen LogP contribution is -2.47. The molecule has 8 heteroatoms. The largest absolute Gasteiger partial charge is 0.385 e. The minimum Gasteiger partial charge on any atom is -0.385 e. The van der Waals surface area contributed by atoms with Gasteiger partial charge in [0, 0.05) is 41.0 Å². The molecule has 0 radical (unpaired) electrons. The number of rotatable bonds is 10. The van der Waals surface area contributed by atoms with Crippen molar-refractivity contribution in [3.8, 4) is 0 Å². The number of hydrogen-bond donors (Lipinski definition) is 2. The molecule has 2 N–H and O–H groups in total. The van der Waals surface area contributed by atoms with Crippen LogP contribution in [-0.2, 0) is 23.1 Å². The molecule has 0 aliphatic heterocycles. The normalized spacial score (nSPS) is 16.6. The van der Waals surface area contributed by atoms with E-state index >= 15 is 0 Å². The van der Waals surface area contributed by atoms with Crippen LogP contribution in [0.15, 0.2) is 4.99 Å². The Hall–Kier alpha value is -1.67. The van der Waals surface area contributed by atoms with Crippen LogP contribution >= 0.6 is 0 Å². The van der Waals surface area contributed by atoms with Gasteiger partial charge in [-0.2, -0.15) is 0 Å². The monoisotopic (exact) mass is 352 g/mol. The number of aryl methyl sites for hydroxylation is 1. The van der Waals surface area contributed by atoms with Crippen molar-refractivity contribution in [2.75, 3.05) is 40.5 Å². The average Bonchev–Trinajstić information content (AvgIpc) is 2.89. The summed E-state index contributed by atoms with van der Waals surface area (Å²) in [5.41, 5.74) is 0.334. The molecule has 0 atom stereocenters. The molecule has 1 fully saturated rings. The van der Waals surface area contributed by atoms with Crippen molar-refractivity contribution in [2.45, 2.75) is 39.2 Å². The highest BCUT2D eigenvalue weighted by Gasteiger charge is 2.36. The van der Waals surface area contributed by atoms with Crippen LogP contribution in [0.4, 0.5) is 0 Å². The van der Waals surface area contributed by atoms with Crippen LogP contribution < -0.4 is 10.6 Å². The molecule has 0 bridgehead atoms. The summed E-state index contributed by atoms with van der Waals surface area (Å²) < 4.78 is 12.4. The average molecular weight is 352 g/mol. The highest BCUT2D eigenvalue weighted by atomic mass is 16.5. The van der Waals surface area contributed by atoms with Crippen LogP contribution in [0.5, 0.6) is 0 Å². The predicted octanol–water partition coefficient (Wildman–Crippen LogP) is 1.01. The molecule has 142 valence electrons. The molecule has 1 aromatic heterocycles. The summed E-state index contributed by atoms with van der Waals surface area (Å²) in [6.45, 7) is 5.50. The first-order chi connectivity index (χ1) is 12.1. The summed E-state index contributed by atoms with van der Waals surface area (Å²) in [6, 6.07) is 0. The van der Waals surface area contributed by atoms with E-state index in [9.17, 15) is 0 Å². The summed E-state index contributed by atoms with van der Waals surface area (Å²) in [6.07, 6.45) is 4.88. The summed E-state index contributed by atoms with van der Waals surface area (Å²) >= 11 is 0. The van der Waals surface area contributed by atoms with Crippen LogP contribution in [0.2, 0.25) is 0 Å². The fraction of sp³-hybridized carbons (Fsp3) is 0.824. The summed E-state index contributed by atoms with van der Waals surface area (Å²) in [5, 5.41) is 15.1. The molecular weight excluding hydrogens is 320 g/mol. The second kappa shape index (κ2) is 9.72. The SMILES string of the molecule is COCCNC(=NCc1nnc(C)n1C)NCC1(CCOC)CCC1. The number of nitrogens with zero attached hydrogens (tertiary/aromatic N) is 4.